The molecule has 0 aliphatic carbocycles. The molecule has 0 spiro atoms. The third kappa shape index (κ3) is 6.58. The van der Waals surface area contributed by atoms with E-state index in [2.05, 4.69) is 20.5 Å². The van der Waals surface area contributed by atoms with Crippen LogP contribution in [-0.2, 0) is 9.59 Å². The summed E-state index contributed by atoms with van der Waals surface area (Å²) in [7, 11) is 0. The molecule has 0 bridgehead atoms. The van der Waals surface area contributed by atoms with Crippen molar-refractivity contribution in [1.29, 1.82) is 0 Å². The lowest BCUT2D eigenvalue weighted by Gasteiger charge is -2.10. The van der Waals surface area contributed by atoms with Crippen LogP contribution in [0, 0.1) is 5.92 Å². The molecule has 1 aromatic heterocycles. The number of hydrogen-bond donors (Lipinski definition) is 4. The highest BCUT2D eigenvalue weighted by Crippen LogP contribution is 2.14. The van der Waals surface area contributed by atoms with Crippen LogP contribution < -0.4 is 10.8 Å². The number of aromatic amines is 1. The van der Waals surface area contributed by atoms with Crippen molar-refractivity contribution in [2.24, 2.45) is 5.92 Å². The molecule has 4 N–H and O–H groups in total. The van der Waals surface area contributed by atoms with E-state index in [4.69, 9.17) is 5.21 Å². The maximum atomic E-state index is 11.9. The van der Waals surface area contributed by atoms with E-state index >= 15 is 0 Å². The molecule has 1 atom stereocenters. The minimum absolute atomic E-state index is 0.105. The first-order valence-corrected chi connectivity index (χ1v) is 7.99. The number of rotatable bonds is 9. The standard InChI is InChI=1S/C12H21N5O3S/c1-8(6-4-3-5-7-9(18)17-20)10(19)13-11-14-12(21-2)16-15-11/h8,20H,3-7H2,1-2H3,(H,17,18)(H2,13,14,15,16,19). The highest BCUT2D eigenvalue weighted by Gasteiger charge is 2.14. The molecule has 1 rings (SSSR count). The summed E-state index contributed by atoms with van der Waals surface area (Å²) in [6, 6.07) is 0. The Bertz CT molecular complexity index is 466. The van der Waals surface area contributed by atoms with Gasteiger partial charge < -0.3 is 0 Å². The summed E-state index contributed by atoms with van der Waals surface area (Å²) >= 11 is 1.39. The smallest absolute Gasteiger partial charge is 0.243 e. The van der Waals surface area contributed by atoms with Crippen molar-refractivity contribution in [2.45, 2.75) is 44.2 Å². The molecule has 0 saturated carbocycles. The molecule has 0 fully saturated rings. The van der Waals surface area contributed by atoms with Crippen LogP contribution >= 0.6 is 11.8 Å². The molecular weight excluding hydrogens is 294 g/mol. The van der Waals surface area contributed by atoms with Crippen molar-refractivity contribution < 1.29 is 14.8 Å². The molecule has 21 heavy (non-hydrogen) atoms. The zero-order valence-corrected chi connectivity index (χ0v) is 13.0. The van der Waals surface area contributed by atoms with Crippen LogP contribution in [0.2, 0.25) is 0 Å². The number of hydrogen-bond acceptors (Lipinski definition) is 6. The lowest BCUT2D eigenvalue weighted by molar-refractivity contribution is -0.129. The Morgan fingerprint density at radius 3 is 2.76 bits per heavy atom. The Morgan fingerprint density at radius 2 is 2.14 bits per heavy atom. The van der Waals surface area contributed by atoms with Crippen molar-refractivity contribution in [3.63, 3.8) is 0 Å². The summed E-state index contributed by atoms with van der Waals surface area (Å²) in [6.45, 7) is 1.85. The van der Waals surface area contributed by atoms with E-state index < -0.39 is 0 Å². The number of amides is 2. The number of thioether (sulfide) groups is 1. The monoisotopic (exact) mass is 315 g/mol. The number of unbranched alkanes of at least 4 members (excludes halogenated alkanes) is 2. The van der Waals surface area contributed by atoms with E-state index in [1.165, 1.54) is 11.8 Å². The molecular formula is C12H21N5O3S. The van der Waals surface area contributed by atoms with Gasteiger partial charge in [-0.2, -0.15) is 4.98 Å². The maximum absolute atomic E-state index is 11.9. The van der Waals surface area contributed by atoms with Crippen LogP contribution in [0.1, 0.15) is 39.0 Å². The molecule has 0 aromatic carbocycles. The van der Waals surface area contributed by atoms with Gasteiger partial charge in [-0.05, 0) is 19.1 Å². The third-order valence-electron chi connectivity index (χ3n) is 3.00. The molecule has 0 aliphatic heterocycles. The van der Waals surface area contributed by atoms with E-state index in [9.17, 15) is 9.59 Å². The van der Waals surface area contributed by atoms with Crippen molar-refractivity contribution in [3.8, 4) is 0 Å². The van der Waals surface area contributed by atoms with Gasteiger partial charge in [0.1, 0.15) is 0 Å². The SMILES string of the molecule is CSc1n[nH]c(NC(=O)C(C)CCCCCC(=O)NO)n1. The Labute approximate surface area is 127 Å². The van der Waals surface area contributed by atoms with Gasteiger partial charge in [-0.3, -0.25) is 20.1 Å². The first-order chi connectivity index (χ1) is 10.1. The second kappa shape index (κ2) is 9.35. The Hall–Kier alpha value is -1.61. The van der Waals surface area contributed by atoms with E-state index in [0.29, 0.717) is 23.9 Å². The van der Waals surface area contributed by atoms with Gasteiger partial charge in [0.25, 0.3) is 0 Å². The Kier molecular flexibility index (Phi) is 7.76. The number of anilines is 1. The third-order valence-corrected chi connectivity index (χ3v) is 3.55. The van der Waals surface area contributed by atoms with Gasteiger partial charge >= 0.3 is 0 Å². The summed E-state index contributed by atoms with van der Waals surface area (Å²) in [5, 5.41) is 18.2. The number of carbonyl (C=O) groups excluding carboxylic acids is 2. The van der Waals surface area contributed by atoms with Crippen LogP contribution in [0.15, 0.2) is 5.16 Å². The lowest BCUT2D eigenvalue weighted by atomic mass is 10.0. The van der Waals surface area contributed by atoms with Crippen LogP contribution in [-0.4, -0.2) is 38.5 Å². The molecule has 1 unspecified atom stereocenters. The molecule has 118 valence electrons. The minimum Gasteiger partial charge on any atom is -0.295 e. The van der Waals surface area contributed by atoms with Crippen molar-refractivity contribution in [1.82, 2.24) is 20.7 Å². The molecule has 1 heterocycles. The minimum atomic E-state index is -0.379. The fourth-order valence-corrected chi connectivity index (χ4v) is 2.05. The van der Waals surface area contributed by atoms with Gasteiger partial charge in [-0.1, -0.05) is 31.5 Å². The molecule has 9 heteroatoms. The molecule has 0 aliphatic rings. The molecule has 8 nitrogen and oxygen atoms in total. The van der Waals surface area contributed by atoms with Crippen molar-refractivity contribution in [2.75, 3.05) is 11.6 Å². The number of aromatic nitrogens is 3. The number of carbonyl (C=O) groups is 2. The molecule has 0 radical (unpaired) electrons. The summed E-state index contributed by atoms with van der Waals surface area (Å²) < 4.78 is 0. The fraction of sp³-hybridized carbons (Fsp3) is 0.667. The molecule has 1 aromatic rings. The van der Waals surface area contributed by atoms with Gasteiger partial charge in [0.15, 0.2) is 0 Å². The predicted molar refractivity (Wildman–Crippen MR) is 79.0 cm³/mol. The number of nitrogens with one attached hydrogen (secondary N) is 3. The average molecular weight is 315 g/mol. The second-order valence-corrected chi connectivity index (χ2v) is 5.47. The van der Waals surface area contributed by atoms with Crippen LogP contribution in [0.3, 0.4) is 0 Å². The quantitative estimate of drug-likeness (QED) is 0.237. The summed E-state index contributed by atoms with van der Waals surface area (Å²) in [6.07, 6.45) is 5.26. The van der Waals surface area contributed by atoms with E-state index in [-0.39, 0.29) is 17.7 Å². The van der Waals surface area contributed by atoms with Crippen molar-refractivity contribution >= 4 is 29.5 Å². The lowest BCUT2D eigenvalue weighted by Crippen LogP contribution is -2.21. The van der Waals surface area contributed by atoms with Crippen LogP contribution in [0.5, 0.6) is 0 Å². The normalized spacial score (nSPS) is 12.0. The average Bonchev–Trinajstić information content (AvgIpc) is 2.93. The molecule has 0 saturated heterocycles. The van der Waals surface area contributed by atoms with E-state index in [0.717, 1.165) is 19.3 Å². The van der Waals surface area contributed by atoms with Crippen LogP contribution in [0.4, 0.5) is 5.95 Å². The van der Waals surface area contributed by atoms with Crippen LogP contribution in [0.25, 0.3) is 0 Å². The van der Waals surface area contributed by atoms with E-state index in [1.807, 2.05) is 13.2 Å². The molecule has 2 amide bonds. The summed E-state index contributed by atoms with van der Waals surface area (Å²) in [5.41, 5.74) is 1.60. The van der Waals surface area contributed by atoms with Gasteiger partial charge in [0, 0.05) is 12.3 Å². The van der Waals surface area contributed by atoms with Gasteiger partial charge in [0.2, 0.25) is 22.9 Å². The van der Waals surface area contributed by atoms with Gasteiger partial charge in [-0.15, -0.1) is 5.10 Å². The Balaban J connectivity index is 2.20. The zero-order valence-electron chi connectivity index (χ0n) is 12.2. The number of hydroxylamine groups is 1. The summed E-state index contributed by atoms with van der Waals surface area (Å²) in [5.74, 6) is -0.266. The Morgan fingerprint density at radius 1 is 1.38 bits per heavy atom. The van der Waals surface area contributed by atoms with E-state index in [1.54, 1.807) is 5.48 Å². The van der Waals surface area contributed by atoms with Gasteiger partial charge in [0.05, 0.1) is 0 Å². The first kappa shape index (κ1) is 17.4. The highest BCUT2D eigenvalue weighted by molar-refractivity contribution is 7.98. The maximum Gasteiger partial charge on any atom is 0.243 e. The number of H-pyrrole nitrogens is 1. The topological polar surface area (TPSA) is 120 Å². The van der Waals surface area contributed by atoms with Crippen molar-refractivity contribution in [3.05, 3.63) is 0 Å². The highest BCUT2D eigenvalue weighted by atomic mass is 32.2. The zero-order chi connectivity index (χ0) is 15.7. The predicted octanol–water partition coefficient (Wildman–Crippen LogP) is 1.56. The fourth-order valence-electron chi connectivity index (χ4n) is 1.73. The number of nitrogens with zero attached hydrogens (tertiary/aromatic N) is 2. The van der Waals surface area contributed by atoms with Gasteiger partial charge in [-0.25, -0.2) is 10.6 Å². The largest absolute Gasteiger partial charge is 0.295 e. The first-order valence-electron chi connectivity index (χ1n) is 6.77. The second-order valence-electron chi connectivity index (χ2n) is 4.70. The summed E-state index contributed by atoms with van der Waals surface area (Å²) in [4.78, 5) is 26.8.